The van der Waals surface area contributed by atoms with Crippen molar-refractivity contribution in [3.05, 3.63) is 61.2 Å². The van der Waals surface area contributed by atoms with Crippen molar-refractivity contribution in [2.75, 3.05) is 0 Å². The highest BCUT2D eigenvalue weighted by Crippen LogP contribution is 2.36. The predicted octanol–water partition coefficient (Wildman–Crippen LogP) is 2.33. The summed E-state index contributed by atoms with van der Waals surface area (Å²) in [7, 11) is -3.50. The number of hydrogen-bond acceptors (Lipinski definition) is 3. The fraction of sp³-hybridized carbons (Fsp3) is 0.188. The molecule has 0 amide bonds. The molecule has 0 spiro atoms. The Balaban J connectivity index is 1.58. The Hall–Kier alpha value is -2.18. The summed E-state index contributed by atoms with van der Waals surface area (Å²) in [4.78, 5) is 4.30. The third-order valence-corrected chi connectivity index (χ3v) is 5.49. The first-order chi connectivity index (χ1) is 10.6. The normalized spacial score (nSPS) is 21.1. The van der Waals surface area contributed by atoms with E-state index in [0.717, 1.165) is 17.2 Å². The van der Waals surface area contributed by atoms with E-state index in [0.29, 0.717) is 4.90 Å². The lowest BCUT2D eigenvalue weighted by atomic mass is 10.1. The molecule has 5 nitrogen and oxygen atoms in total. The fourth-order valence-electron chi connectivity index (χ4n) is 2.71. The van der Waals surface area contributed by atoms with Gasteiger partial charge in [0.05, 0.1) is 17.3 Å². The minimum absolute atomic E-state index is 0.0642. The van der Waals surface area contributed by atoms with Crippen LogP contribution in [0, 0.1) is 0 Å². The summed E-state index contributed by atoms with van der Waals surface area (Å²) in [5.74, 6) is 0. The summed E-state index contributed by atoms with van der Waals surface area (Å²) in [5.41, 5.74) is 0. The van der Waals surface area contributed by atoms with Gasteiger partial charge in [0.1, 0.15) is 0 Å². The van der Waals surface area contributed by atoms with E-state index in [4.69, 9.17) is 0 Å². The number of imidazole rings is 1. The van der Waals surface area contributed by atoms with Gasteiger partial charge in [0.2, 0.25) is 10.0 Å². The van der Waals surface area contributed by atoms with E-state index >= 15 is 0 Å². The lowest BCUT2D eigenvalue weighted by Crippen LogP contribution is -2.27. The molecule has 0 saturated heterocycles. The molecule has 1 N–H and O–H groups in total. The Morgan fingerprint density at radius 1 is 1.14 bits per heavy atom. The van der Waals surface area contributed by atoms with Crippen molar-refractivity contribution in [2.45, 2.75) is 23.4 Å². The molecule has 2 atom stereocenters. The van der Waals surface area contributed by atoms with Crippen molar-refractivity contribution in [1.82, 2.24) is 14.3 Å². The molecule has 1 heterocycles. The predicted molar refractivity (Wildman–Crippen MR) is 83.9 cm³/mol. The largest absolute Gasteiger partial charge is 0.333 e. The molecule has 2 aromatic carbocycles. The van der Waals surface area contributed by atoms with Crippen LogP contribution in [0.2, 0.25) is 0 Å². The van der Waals surface area contributed by atoms with Crippen molar-refractivity contribution >= 4 is 20.8 Å². The maximum Gasteiger partial charge on any atom is 0.240 e. The maximum atomic E-state index is 12.5. The number of aromatic nitrogens is 2. The second-order valence-electron chi connectivity index (χ2n) is 5.55. The Labute approximate surface area is 128 Å². The number of nitrogens with one attached hydrogen (secondary N) is 1. The van der Waals surface area contributed by atoms with Gasteiger partial charge in [0, 0.05) is 18.4 Å². The van der Waals surface area contributed by atoms with Crippen molar-refractivity contribution in [1.29, 1.82) is 0 Å². The van der Waals surface area contributed by atoms with Gasteiger partial charge < -0.3 is 4.57 Å². The molecule has 3 aromatic rings. The number of sulfonamides is 1. The highest BCUT2D eigenvalue weighted by molar-refractivity contribution is 7.89. The average Bonchev–Trinajstić information content (AvgIpc) is 3.06. The lowest BCUT2D eigenvalue weighted by Gasteiger charge is -2.08. The summed E-state index contributed by atoms with van der Waals surface area (Å²) < 4.78 is 29.7. The Kier molecular flexibility index (Phi) is 3.02. The van der Waals surface area contributed by atoms with Crippen molar-refractivity contribution in [2.24, 2.45) is 0 Å². The summed E-state index contributed by atoms with van der Waals surface area (Å²) in [6.45, 7) is 0. The summed E-state index contributed by atoms with van der Waals surface area (Å²) in [6.07, 6.45) is 6.07. The van der Waals surface area contributed by atoms with Crippen LogP contribution in [0.1, 0.15) is 12.5 Å². The van der Waals surface area contributed by atoms with Crippen molar-refractivity contribution in [3.8, 4) is 0 Å². The molecule has 1 aromatic heterocycles. The van der Waals surface area contributed by atoms with E-state index in [-0.39, 0.29) is 12.1 Å². The smallest absolute Gasteiger partial charge is 0.240 e. The van der Waals surface area contributed by atoms with Crippen LogP contribution in [0.15, 0.2) is 66.1 Å². The molecule has 112 valence electrons. The molecule has 6 heteroatoms. The van der Waals surface area contributed by atoms with E-state index < -0.39 is 10.0 Å². The first kappa shape index (κ1) is 13.5. The van der Waals surface area contributed by atoms with Crippen LogP contribution in [0.25, 0.3) is 10.8 Å². The Bertz CT molecular complexity index is 919. The molecule has 1 aliphatic carbocycles. The van der Waals surface area contributed by atoms with Crippen LogP contribution < -0.4 is 4.72 Å². The molecule has 4 rings (SSSR count). The molecular formula is C16H15N3O2S. The minimum Gasteiger partial charge on any atom is -0.333 e. The van der Waals surface area contributed by atoms with Crippen molar-refractivity contribution < 1.29 is 8.42 Å². The lowest BCUT2D eigenvalue weighted by molar-refractivity contribution is 0.575. The molecular weight excluding hydrogens is 298 g/mol. The first-order valence-electron chi connectivity index (χ1n) is 7.12. The number of nitrogens with zero attached hydrogens (tertiary/aromatic N) is 2. The van der Waals surface area contributed by atoms with Crippen LogP contribution >= 0.6 is 0 Å². The molecule has 0 bridgehead atoms. The molecule has 0 aliphatic heterocycles. The third kappa shape index (κ3) is 2.40. The monoisotopic (exact) mass is 313 g/mol. The van der Waals surface area contributed by atoms with Gasteiger partial charge in [0.25, 0.3) is 0 Å². The van der Waals surface area contributed by atoms with Gasteiger partial charge in [-0.05, 0) is 29.3 Å². The highest BCUT2D eigenvalue weighted by atomic mass is 32.2. The van der Waals surface area contributed by atoms with Gasteiger partial charge in [0.15, 0.2) is 0 Å². The van der Waals surface area contributed by atoms with Gasteiger partial charge >= 0.3 is 0 Å². The molecule has 1 aliphatic rings. The topological polar surface area (TPSA) is 64.0 Å². The van der Waals surface area contributed by atoms with Crippen LogP contribution in [0.4, 0.5) is 0 Å². The SMILES string of the molecule is O=S(=O)(NC1CC1n1ccnc1)c1ccc2ccccc2c1. The average molecular weight is 313 g/mol. The van der Waals surface area contributed by atoms with Crippen LogP contribution in [0.5, 0.6) is 0 Å². The highest BCUT2D eigenvalue weighted by Gasteiger charge is 2.41. The van der Waals surface area contributed by atoms with Crippen LogP contribution in [0.3, 0.4) is 0 Å². The quantitative estimate of drug-likeness (QED) is 0.804. The fourth-order valence-corrected chi connectivity index (χ4v) is 4.02. The van der Waals surface area contributed by atoms with Crippen LogP contribution in [-0.2, 0) is 10.0 Å². The van der Waals surface area contributed by atoms with Gasteiger partial charge in [-0.3, -0.25) is 0 Å². The number of rotatable bonds is 4. The second kappa shape index (κ2) is 4.93. The number of hydrogen-bond donors (Lipinski definition) is 1. The first-order valence-corrected chi connectivity index (χ1v) is 8.60. The number of fused-ring (bicyclic) bond motifs is 1. The Morgan fingerprint density at radius 3 is 2.73 bits per heavy atom. The molecule has 1 saturated carbocycles. The molecule has 0 radical (unpaired) electrons. The van der Waals surface area contributed by atoms with Gasteiger partial charge in [-0.25, -0.2) is 18.1 Å². The standard InChI is InChI=1S/C16H15N3O2S/c20-22(21,18-15-10-16(15)19-8-7-17-11-19)14-6-5-12-3-1-2-4-13(12)9-14/h1-9,11,15-16,18H,10H2. The van der Waals surface area contributed by atoms with E-state index in [1.54, 1.807) is 24.7 Å². The van der Waals surface area contributed by atoms with Gasteiger partial charge in [-0.1, -0.05) is 30.3 Å². The zero-order valence-electron chi connectivity index (χ0n) is 11.8. The third-order valence-electron chi connectivity index (χ3n) is 4.00. The molecule has 2 unspecified atom stereocenters. The maximum absolute atomic E-state index is 12.5. The van der Waals surface area contributed by atoms with Gasteiger partial charge in [-0.2, -0.15) is 0 Å². The minimum atomic E-state index is -3.50. The molecule has 1 fully saturated rings. The zero-order chi connectivity index (χ0) is 15.2. The Morgan fingerprint density at radius 2 is 1.95 bits per heavy atom. The zero-order valence-corrected chi connectivity index (χ0v) is 12.6. The second-order valence-corrected chi connectivity index (χ2v) is 7.26. The van der Waals surface area contributed by atoms with Crippen LogP contribution in [-0.4, -0.2) is 24.0 Å². The summed E-state index contributed by atoms with van der Waals surface area (Å²) in [6, 6.07) is 13.0. The molecule has 22 heavy (non-hydrogen) atoms. The van der Waals surface area contributed by atoms with E-state index in [2.05, 4.69) is 9.71 Å². The van der Waals surface area contributed by atoms with Crippen molar-refractivity contribution in [3.63, 3.8) is 0 Å². The van der Waals surface area contributed by atoms with E-state index in [1.165, 1.54) is 0 Å². The summed E-state index contributed by atoms with van der Waals surface area (Å²) >= 11 is 0. The summed E-state index contributed by atoms with van der Waals surface area (Å²) in [5, 5.41) is 1.96. The number of benzene rings is 2. The van der Waals surface area contributed by atoms with Gasteiger partial charge in [-0.15, -0.1) is 0 Å². The van der Waals surface area contributed by atoms with E-state index in [9.17, 15) is 8.42 Å². The van der Waals surface area contributed by atoms with E-state index in [1.807, 2.05) is 41.1 Å².